The summed E-state index contributed by atoms with van der Waals surface area (Å²) < 4.78 is 0. The molecule has 1 N–H and O–H groups in total. The summed E-state index contributed by atoms with van der Waals surface area (Å²) in [5.41, 5.74) is 1.47. The summed E-state index contributed by atoms with van der Waals surface area (Å²) in [5, 5.41) is 12.8. The largest absolute Gasteiger partial charge is 0.481 e. The van der Waals surface area contributed by atoms with Crippen LogP contribution in [0.4, 0.5) is 0 Å². The number of carboxylic acid groups (broad SMARTS) is 1. The molecule has 1 rings (SSSR count). The van der Waals surface area contributed by atoms with Crippen LogP contribution >= 0.6 is 11.3 Å². The molecule has 0 spiro atoms. The van der Waals surface area contributed by atoms with E-state index in [0.717, 1.165) is 12.8 Å². The van der Waals surface area contributed by atoms with E-state index in [1.54, 1.807) is 11.3 Å². The van der Waals surface area contributed by atoms with Gasteiger partial charge >= 0.3 is 5.97 Å². The highest BCUT2D eigenvalue weighted by molar-refractivity contribution is 7.07. The molecule has 1 aromatic rings. The molecule has 0 aliphatic heterocycles. The Morgan fingerprint density at radius 1 is 1.06 bits per heavy atom. The summed E-state index contributed by atoms with van der Waals surface area (Å²) in [6.07, 6.45) is 9.76. The first-order valence-electron chi connectivity index (χ1n) is 6.52. The number of thiophene rings is 1. The van der Waals surface area contributed by atoms with E-state index in [1.165, 1.54) is 44.1 Å². The van der Waals surface area contributed by atoms with E-state index in [2.05, 4.69) is 16.8 Å². The van der Waals surface area contributed by atoms with Gasteiger partial charge in [0.2, 0.25) is 0 Å². The zero-order valence-corrected chi connectivity index (χ0v) is 11.2. The van der Waals surface area contributed by atoms with Gasteiger partial charge in [-0.05, 0) is 41.7 Å². The van der Waals surface area contributed by atoms with E-state index in [-0.39, 0.29) is 0 Å². The molecule has 2 nitrogen and oxygen atoms in total. The first-order chi connectivity index (χ1) is 8.29. The lowest BCUT2D eigenvalue weighted by molar-refractivity contribution is -0.137. The van der Waals surface area contributed by atoms with Crippen LogP contribution in [0.5, 0.6) is 0 Å². The Bertz CT molecular complexity index is 293. The highest BCUT2D eigenvalue weighted by Gasteiger charge is 1.97. The second-order valence-electron chi connectivity index (χ2n) is 4.50. The molecule has 17 heavy (non-hydrogen) atoms. The Morgan fingerprint density at radius 3 is 2.29 bits per heavy atom. The van der Waals surface area contributed by atoms with E-state index in [4.69, 9.17) is 5.11 Å². The van der Waals surface area contributed by atoms with Crippen LogP contribution in [0.25, 0.3) is 0 Å². The normalized spacial score (nSPS) is 10.6. The lowest BCUT2D eigenvalue weighted by Crippen LogP contribution is -1.93. The van der Waals surface area contributed by atoms with Crippen LogP contribution in [0, 0.1) is 0 Å². The molecular weight excluding hydrogens is 232 g/mol. The van der Waals surface area contributed by atoms with Gasteiger partial charge in [0.25, 0.3) is 0 Å². The van der Waals surface area contributed by atoms with Crippen molar-refractivity contribution in [2.24, 2.45) is 0 Å². The van der Waals surface area contributed by atoms with Crippen molar-refractivity contribution in [3.63, 3.8) is 0 Å². The molecule has 0 saturated carbocycles. The average Bonchev–Trinajstić information content (AvgIpc) is 2.79. The van der Waals surface area contributed by atoms with Crippen LogP contribution in [-0.2, 0) is 11.2 Å². The Hall–Kier alpha value is -0.830. The Labute approximate surface area is 108 Å². The smallest absolute Gasteiger partial charge is 0.303 e. The minimum Gasteiger partial charge on any atom is -0.481 e. The van der Waals surface area contributed by atoms with E-state index in [9.17, 15) is 4.79 Å². The fourth-order valence-corrected chi connectivity index (χ4v) is 2.63. The number of aliphatic carboxylic acids is 1. The lowest BCUT2D eigenvalue weighted by atomic mass is 10.1. The molecule has 0 saturated heterocycles. The number of hydrogen-bond acceptors (Lipinski definition) is 2. The van der Waals surface area contributed by atoms with Gasteiger partial charge in [-0.2, -0.15) is 11.3 Å². The van der Waals surface area contributed by atoms with Crippen LogP contribution < -0.4 is 0 Å². The molecule has 0 atom stereocenters. The van der Waals surface area contributed by atoms with Crippen molar-refractivity contribution in [2.45, 2.75) is 57.8 Å². The molecular formula is C14H22O2S. The molecule has 3 heteroatoms. The van der Waals surface area contributed by atoms with E-state index in [0.29, 0.717) is 6.42 Å². The van der Waals surface area contributed by atoms with Crippen LogP contribution in [0.2, 0.25) is 0 Å². The third kappa shape index (κ3) is 7.97. The zero-order chi connectivity index (χ0) is 12.3. The summed E-state index contributed by atoms with van der Waals surface area (Å²) in [4.78, 5) is 10.3. The summed E-state index contributed by atoms with van der Waals surface area (Å²) in [6.45, 7) is 0. The maximum absolute atomic E-state index is 10.3. The number of rotatable bonds is 10. The van der Waals surface area contributed by atoms with Gasteiger partial charge in [-0.1, -0.05) is 32.1 Å². The minimum atomic E-state index is -0.666. The molecule has 0 radical (unpaired) electrons. The van der Waals surface area contributed by atoms with Gasteiger partial charge in [0.05, 0.1) is 0 Å². The topological polar surface area (TPSA) is 37.3 Å². The Balaban J connectivity index is 1.80. The van der Waals surface area contributed by atoms with Gasteiger partial charge in [0, 0.05) is 6.42 Å². The van der Waals surface area contributed by atoms with E-state index in [1.807, 2.05) is 0 Å². The molecule has 0 aliphatic rings. The highest BCUT2D eigenvalue weighted by Crippen LogP contribution is 2.13. The maximum atomic E-state index is 10.3. The Morgan fingerprint density at radius 2 is 1.71 bits per heavy atom. The highest BCUT2D eigenvalue weighted by atomic mass is 32.1. The van der Waals surface area contributed by atoms with Crippen LogP contribution in [0.15, 0.2) is 16.8 Å². The molecule has 1 aromatic heterocycles. The van der Waals surface area contributed by atoms with Gasteiger partial charge in [-0.25, -0.2) is 0 Å². The van der Waals surface area contributed by atoms with Crippen molar-refractivity contribution in [1.82, 2.24) is 0 Å². The number of aryl methyl sites for hydroxylation is 1. The van der Waals surface area contributed by atoms with Crippen LogP contribution in [0.3, 0.4) is 0 Å². The maximum Gasteiger partial charge on any atom is 0.303 e. The number of hydrogen-bond donors (Lipinski definition) is 1. The van der Waals surface area contributed by atoms with Crippen molar-refractivity contribution in [1.29, 1.82) is 0 Å². The first kappa shape index (κ1) is 14.2. The summed E-state index contributed by atoms with van der Waals surface area (Å²) in [5.74, 6) is -0.666. The second-order valence-corrected chi connectivity index (χ2v) is 5.28. The Kier molecular flexibility index (Phi) is 7.72. The molecule has 1 heterocycles. The standard InChI is InChI=1S/C14H22O2S/c15-14(16)9-7-5-3-1-2-4-6-8-13-10-11-17-12-13/h10-12H,1-9H2,(H,15,16). The fraction of sp³-hybridized carbons (Fsp3) is 0.643. The third-order valence-corrected chi connectivity index (χ3v) is 3.67. The summed E-state index contributed by atoms with van der Waals surface area (Å²) in [6, 6.07) is 2.20. The van der Waals surface area contributed by atoms with Gasteiger partial charge < -0.3 is 5.11 Å². The molecule has 0 unspecified atom stereocenters. The quantitative estimate of drug-likeness (QED) is 0.624. The van der Waals surface area contributed by atoms with Crippen molar-refractivity contribution < 1.29 is 9.90 Å². The minimum absolute atomic E-state index is 0.332. The summed E-state index contributed by atoms with van der Waals surface area (Å²) >= 11 is 1.77. The monoisotopic (exact) mass is 254 g/mol. The molecule has 0 bridgehead atoms. The van der Waals surface area contributed by atoms with Crippen molar-refractivity contribution in [3.8, 4) is 0 Å². The predicted octanol–water partition coefficient (Wildman–Crippen LogP) is 4.50. The average molecular weight is 254 g/mol. The first-order valence-corrected chi connectivity index (χ1v) is 7.46. The number of carboxylic acids is 1. The van der Waals surface area contributed by atoms with E-state index >= 15 is 0 Å². The van der Waals surface area contributed by atoms with Crippen molar-refractivity contribution in [3.05, 3.63) is 22.4 Å². The van der Waals surface area contributed by atoms with Crippen LogP contribution in [-0.4, -0.2) is 11.1 Å². The van der Waals surface area contributed by atoms with Crippen LogP contribution in [0.1, 0.15) is 56.9 Å². The van der Waals surface area contributed by atoms with Crippen molar-refractivity contribution >= 4 is 17.3 Å². The number of unbranched alkanes of at least 4 members (excludes halogenated alkanes) is 6. The van der Waals surface area contributed by atoms with Crippen molar-refractivity contribution in [2.75, 3.05) is 0 Å². The van der Waals surface area contributed by atoms with Gasteiger partial charge in [0.1, 0.15) is 0 Å². The SMILES string of the molecule is O=C(O)CCCCCCCCCc1ccsc1. The van der Waals surface area contributed by atoms with Gasteiger partial charge in [-0.15, -0.1) is 0 Å². The summed E-state index contributed by atoms with van der Waals surface area (Å²) in [7, 11) is 0. The fourth-order valence-electron chi connectivity index (χ4n) is 1.92. The van der Waals surface area contributed by atoms with Gasteiger partial charge in [-0.3, -0.25) is 4.79 Å². The molecule has 0 fully saturated rings. The number of carbonyl (C=O) groups is 1. The predicted molar refractivity (Wildman–Crippen MR) is 72.6 cm³/mol. The lowest BCUT2D eigenvalue weighted by Gasteiger charge is -2.01. The van der Waals surface area contributed by atoms with Gasteiger partial charge in [0.15, 0.2) is 0 Å². The second kappa shape index (κ2) is 9.23. The third-order valence-electron chi connectivity index (χ3n) is 2.94. The molecule has 96 valence electrons. The zero-order valence-electron chi connectivity index (χ0n) is 10.4. The molecule has 0 aromatic carbocycles. The molecule has 0 amide bonds. The molecule has 0 aliphatic carbocycles. The van der Waals surface area contributed by atoms with E-state index < -0.39 is 5.97 Å².